The van der Waals surface area contributed by atoms with Crippen LogP contribution >= 0.6 is 11.6 Å². The van der Waals surface area contributed by atoms with Gasteiger partial charge in [-0.3, -0.25) is 10.1 Å². The van der Waals surface area contributed by atoms with E-state index in [1.54, 1.807) is 6.07 Å². The lowest BCUT2D eigenvalue weighted by atomic mass is 10.1. The molecule has 0 fully saturated rings. The summed E-state index contributed by atoms with van der Waals surface area (Å²) in [5, 5.41) is 19.4. The average molecular weight is 214 g/mol. The van der Waals surface area contributed by atoms with Crippen molar-refractivity contribution in [3.63, 3.8) is 0 Å². The number of hydrogen-bond donors (Lipinski definition) is 1. The molecule has 14 heavy (non-hydrogen) atoms. The van der Waals surface area contributed by atoms with E-state index in [1.165, 1.54) is 24.3 Å². The molecule has 1 aromatic carbocycles. The van der Waals surface area contributed by atoms with Crippen molar-refractivity contribution in [2.75, 3.05) is 6.61 Å². The number of aliphatic hydroxyl groups excluding tert-OH is 1. The summed E-state index contributed by atoms with van der Waals surface area (Å²) in [6.45, 7) is -0.153. The molecule has 0 atom stereocenters. The zero-order chi connectivity index (χ0) is 10.6. The van der Waals surface area contributed by atoms with Gasteiger partial charge in [0, 0.05) is 11.1 Å². The Morgan fingerprint density at radius 3 is 2.86 bits per heavy atom. The summed E-state index contributed by atoms with van der Waals surface area (Å²) in [7, 11) is 0. The molecule has 0 aliphatic carbocycles. The highest BCUT2D eigenvalue weighted by Crippen LogP contribution is 2.23. The van der Waals surface area contributed by atoms with Crippen molar-refractivity contribution >= 4 is 23.4 Å². The molecule has 0 saturated heterocycles. The van der Waals surface area contributed by atoms with Crippen molar-refractivity contribution in [1.29, 1.82) is 0 Å². The first-order valence-corrected chi connectivity index (χ1v) is 4.24. The molecule has 0 heterocycles. The van der Waals surface area contributed by atoms with Crippen molar-refractivity contribution in [1.82, 2.24) is 0 Å². The maximum absolute atomic E-state index is 10.6. The third-order valence-corrected chi connectivity index (χ3v) is 1.83. The fourth-order valence-electron chi connectivity index (χ4n) is 0.996. The van der Waals surface area contributed by atoms with Crippen LogP contribution in [0.3, 0.4) is 0 Å². The van der Waals surface area contributed by atoms with Crippen LogP contribution in [0.25, 0.3) is 6.08 Å². The van der Waals surface area contributed by atoms with Crippen LogP contribution in [-0.4, -0.2) is 16.6 Å². The van der Waals surface area contributed by atoms with Gasteiger partial charge in [0.2, 0.25) is 0 Å². The Hall–Kier alpha value is -1.39. The highest BCUT2D eigenvalue weighted by Gasteiger charge is 2.11. The molecule has 0 amide bonds. The summed E-state index contributed by atoms with van der Waals surface area (Å²) in [5.41, 5.74) is 0.357. The molecular weight excluding hydrogens is 206 g/mol. The van der Waals surface area contributed by atoms with Gasteiger partial charge in [-0.2, -0.15) is 0 Å². The minimum atomic E-state index is -0.511. The first-order chi connectivity index (χ1) is 6.65. The zero-order valence-corrected chi connectivity index (χ0v) is 7.94. The van der Waals surface area contributed by atoms with Gasteiger partial charge in [-0.1, -0.05) is 17.7 Å². The minimum Gasteiger partial charge on any atom is -0.392 e. The van der Waals surface area contributed by atoms with Crippen LogP contribution in [0.2, 0.25) is 5.02 Å². The van der Waals surface area contributed by atoms with Gasteiger partial charge in [0.05, 0.1) is 17.1 Å². The van der Waals surface area contributed by atoms with E-state index in [1.807, 2.05) is 0 Å². The molecule has 1 N–H and O–H groups in total. The third kappa shape index (κ3) is 2.55. The Bertz CT molecular complexity index is 376. The van der Waals surface area contributed by atoms with Crippen LogP contribution in [0.15, 0.2) is 24.3 Å². The lowest BCUT2D eigenvalue weighted by Crippen LogP contribution is -1.91. The molecule has 0 aromatic heterocycles. The molecule has 0 radical (unpaired) electrons. The summed E-state index contributed by atoms with van der Waals surface area (Å²) in [4.78, 5) is 10.1. The van der Waals surface area contributed by atoms with Gasteiger partial charge in [-0.15, -0.1) is 0 Å². The van der Waals surface area contributed by atoms with Gasteiger partial charge in [-0.05, 0) is 18.2 Å². The standard InChI is InChI=1S/C9H8ClNO3/c10-8-4-3-7(2-1-5-12)9(6-8)11(13)14/h1-4,6,12H,5H2. The summed E-state index contributed by atoms with van der Waals surface area (Å²) >= 11 is 5.62. The number of aliphatic hydroxyl groups is 1. The van der Waals surface area contributed by atoms with Crippen LogP contribution in [0.1, 0.15) is 5.56 Å². The quantitative estimate of drug-likeness (QED) is 0.619. The smallest absolute Gasteiger partial charge is 0.278 e. The van der Waals surface area contributed by atoms with E-state index in [0.29, 0.717) is 10.6 Å². The van der Waals surface area contributed by atoms with Crippen LogP contribution < -0.4 is 0 Å². The monoisotopic (exact) mass is 213 g/mol. The van der Waals surface area contributed by atoms with Crippen LogP contribution in [0, 0.1) is 10.1 Å². The van der Waals surface area contributed by atoms with Gasteiger partial charge >= 0.3 is 0 Å². The van der Waals surface area contributed by atoms with Gasteiger partial charge in [0.15, 0.2) is 0 Å². The lowest BCUT2D eigenvalue weighted by Gasteiger charge is -1.97. The number of hydrogen-bond acceptors (Lipinski definition) is 3. The van der Waals surface area contributed by atoms with Gasteiger partial charge in [-0.25, -0.2) is 0 Å². The summed E-state index contributed by atoms with van der Waals surface area (Å²) in [5.74, 6) is 0. The number of rotatable bonds is 3. The molecule has 1 rings (SSSR count). The fraction of sp³-hybridized carbons (Fsp3) is 0.111. The minimum absolute atomic E-state index is 0.0674. The Morgan fingerprint density at radius 2 is 2.29 bits per heavy atom. The summed E-state index contributed by atoms with van der Waals surface area (Å²) in [6.07, 6.45) is 2.91. The van der Waals surface area contributed by atoms with E-state index < -0.39 is 4.92 Å². The molecule has 0 unspecified atom stereocenters. The first-order valence-electron chi connectivity index (χ1n) is 3.86. The maximum atomic E-state index is 10.6. The van der Waals surface area contributed by atoms with Crippen molar-refractivity contribution < 1.29 is 10.0 Å². The first kappa shape index (κ1) is 10.7. The number of nitro benzene ring substituents is 1. The Balaban J connectivity index is 3.15. The number of halogens is 1. The normalized spacial score (nSPS) is 10.7. The number of nitro groups is 1. The second kappa shape index (κ2) is 4.74. The van der Waals surface area contributed by atoms with E-state index in [4.69, 9.17) is 16.7 Å². The van der Waals surface area contributed by atoms with E-state index >= 15 is 0 Å². The van der Waals surface area contributed by atoms with E-state index in [9.17, 15) is 10.1 Å². The Labute approximate surface area is 85.6 Å². The SMILES string of the molecule is O=[N+]([O-])c1cc(Cl)ccc1C=CCO. The van der Waals surface area contributed by atoms with Gasteiger partial charge < -0.3 is 5.11 Å². The predicted molar refractivity (Wildman–Crippen MR) is 54.2 cm³/mol. The molecule has 5 heteroatoms. The van der Waals surface area contributed by atoms with E-state index in [-0.39, 0.29) is 12.3 Å². The summed E-state index contributed by atoms with van der Waals surface area (Å²) in [6, 6.07) is 4.37. The Morgan fingerprint density at radius 1 is 1.57 bits per heavy atom. The number of benzene rings is 1. The average Bonchev–Trinajstić information content (AvgIpc) is 2.15. The van der Waals surface area contributed by atoms with Gasteiger partial charge in [0.25, 0.3) is 5.69 Å². The lowest BCUT2D eigenvalue weighted by molar-refractivity contribution is -0.385. The maximum Gasteiger partial charge on any atom is 0.278 e. The van der Waals surface area contributed by atoms with Crippen LogP contribution in [0.5, 0.6) is 0 Å². The molecule has 0 aliphatic rings. The van der Waals surface area contributed by atoms with E-state index in [2.05, 4.69) is 0 Å². The summed E-state index contributed by atoms with van der Waals surface area (Å²) < 4.78 is 0. The second-order valence-electron chi connectivity index (χ2n) is 2.55. The molecule has 74 valence electrons. The second-order valence-corrected chi connectivity index (χ2v) is 2.98. The predicted octanol–water partition coefficient (Wildman–Crippen LogP) is 2.25. The molecule has 0 bridgehead atoms. The molecule has 4 nitrogen and oxygen atoms in total. The molecule has 1 aromatic rings. The highest BCUT2D eigenvalue weighted by atomic mass is 35.5. The topological polar surface area (TPSA) is 63.4 Å². The molecule has 0 aliphatic heterocycles. The van der Waals surface area contributed by atoms with Crippen LogP contribution in [-0.2, 0) is 0 Å². The molecule has 0 saturated carbocycles. The molecular formula is C9H8ClNO3. The number of nitrogens with zero attached hydrogens (tertiary/aromatic N) is 1. The van der Waals surface area contributed by atoms with Crippen molar-refractivity contribution in [3.8, 4) is 0 Å². The van der Waals surface area contributed by atoms with Gasteiger partial charge in [0.1, 0.15) is 0 Å². The molecule has 0 spiro atoms. The van der Waals surface area contributed by atoms with Crippen molar-refractivity contribution in [3.05, 3.63) is 45.0 Å². The highest BCUT2D eigenvalue weighted by molar-refractivity contribution is 6.30. The Kier molecular flexibility index (Phi) is 3.62. The van der Waals surface area contributed by atoms with Crippen molar-refractivity contribution in [2.45, 2.75) is 0 Å². The zero-order valence-electron chi connectivity index (χ0n) is 7.18. The van der Waals surface area contributed by atoms with E-state index in [0.717, 1.165) is 0 Å². The van der Waals surface area contributed by atoms with Crippen LogP contribution in [0.4, 0.5) is 5.69 Å². The largest absolute Gasteiger partial charge is 0.392 e. The third-order valence-electron chi connectivity index (χ3n) is 1.59. The van der Waals surface area contributed by atoms with Crippen molar-refractivity contribution in [2.24, 2.45) is 0 Å². The fourth-order valence-corrected chi connectivity index (χ4v) is 1.16.